The van der Waals surface area contributed by atoms with Gasteiger partial charge in [0.1, 0.15) is 34.8 Å². The fourth-order valence-electron chi connectivity index (χ4n) is 7.42. The van der Waals surface area contributed by atoms with Crippen molar-refractivity contribution in [1.82, 2.24) is 14.9 Å². The minimum absolute atomic E-state index is 0.00266. The van der Waals surface area contributed by atoms with Gasteiger partial charge in [-0.2, -0.15) is 9.97 Å². The number of hydrogen-bond acceptors (Lipinski definition) is 7. The highest BCUT2D eigenvalue weighted by Crippen LogP contribution is 2.43. The number of carbonyl (C=O) groups excluding carboxylic acids is 2. The second-order valence-electron chi connectivity index (χ2n) is 14.5. The summed E-state index contributed by atoms with van der Waals surface area (Å²) >= 11 is 0. The Labute approximate surface area is 272 Å². The van der Waals surface area contributed by atoms with E-state index in [1.165, 1.54) is 11.0 Å². The summed E-state index contributed by atoms with van der Waals surface area (Å²) in [6, 6.07) is 12.4. The molecule has 1 saturated carbocycles. The van der Waals surface area contributed by atoms with Gasteiger partial charge in [0.2, 0.25) is 5.91 Å². The van der Waals surface area contributed by atoms with Crippen molar-refractivity contribution in [1.29, 1.82) is 0 Å². The molecule has 2 atom stereocenters. The number of benzene rings is 3. The molecule has 1 aliphatic carbocycles. The maximum Gasteiger partial charge on any atom is 0.410 e. The Kier molecular flexibility index (Phi) is 7.48. The molecule has 0 spiro atoms. The normalized spacial score (nSPS) is 20.4. The molecular weight excluding hydrogens is 604 g/mol. The molecule has 2 N–H and O–H groups in total. The predicted molar refractivity (Wildman–Crippen MR) is 175 cm³/mol. The smallest absolute Gasteiger partial charge is 0.410 e. The first-order chi connectivity index (χ1) is 22.3. The van der Waals surface area contributed by atoms with Gasteiger partial charge in [0.15, 0.2) is 5.82 Å². The number of rotatable bonds is 6. The van der Waals surface area contributed by atoms with Gasteiger partial charge in [0.25, 0.3) is 0 Å². The van der Waals surface area contributed by atoms with Gasteiger partial charge >= 0.3 is 12.1 Å². The topological polar surface area (TPSA) is 111 Å². The minimum Gasteiger partial charge on any atom is -0.462 e. The van der Waals surface area contributed by atoms with Gasteiger partial charge < -0.3 is 25.0 Å². The van der Waals surface area contributed by atoms with Crippen LogP contribution in [0.4, 0.5) is 19.4 Å². The van der Waals surface area contributed by atoms with E-state index >= 15 is 8.78 Å². The number of aryl methyl sites for hydroxylation is 1. The largest absolute Gasteiger partial charge is 0.462 e. The van der Waals surface area contributed by atoms with Crippen LogP contribution in [-0.2, 0) is 9.53 Å². The molecule has 246 valence electrons. The zero-order valence-corrected chi connectivity index (χ0v) is 27.1. The van der Waals surface area contributed by atoms with Crippen molar-refractivity contribution in [3.8, 4) is 17.1 Å². The second-order valence-corrected chi connectivity index (χ2v) is 14.5. The Hall–Kier alpha value is -4.54. The third kappa shape index (κ3) is 5.70. The highest BCUT2D eigenvalue weighted by atomic mass is 19.1. The van der Waals surface area contributed by atoms with Gasteiger partial charge in [-0.15, -0.1) is 0 Å². The number of carbonyl (C=O) groups is 2. The molecule has 3 aromatic carbocycles. The molecule has 3 heterocycles. The molecule has 2 amide bonds. The first-order valence-electron chi connectivity index (χ1n) is 16.2. The Balaban J connectivity index is 1.29. The SMILES string of the molecule is Cc1cc(-c2c(F)cc3c(N4CC5CCC(C5)C4)nc(OCC4(C(N)=O)CN(C(=O)OC(C)(C)C)C4)nc3c2F)c2ccccc2c1. The lowest BCUT2D eigenvalue weighted by Crippen LogP contribution is -2.66. The third-order valence-corrected chi connectivity index (χ3v) is 9.66. The van der Waals surface area contributed by atoms with Gasteiger partial charge in [0.05, 0.1) is 5.56 Å². The van der Waals surface area contributed by atoms with Crippen molar-refractivity contribution in [2.45, 2.75) is 52.6 Å². The van der Waals surface area contributed by atoms with Crippen LogP contribution in [0.25, 0.3) is 32.8 Å². The lowest BCUT2D eigenvalue weighted by molar-refractivity contribution is -0.140. The van der Waals surface area contributed by atoms with Crippen LogP contribution in [0.5, 0.6) is 6.01 Å². The molecule has 3 fully saturated rings. The number of hydrogen-bond donors (Lipinski definition) is 1. The van der Waals surface area contributed by atoms with E-state index in [1.54, 1.807) is 26.8 Å². The number of ether oxygens (including phenoxy) is 2. The average molecular weight is 644 g/mol. The molecule has 2 aliphatic heterocycles. The molecule has 2 unspecified atom stereocenters. The third-order valence-electron chi connectivity index (χ3n) is 9.66. The summed E-state index contributed by atoms with van der Waals surface area (Å²) < 4.78 is 44.4. The number of piperidine rings is 1. The fraction of sp³-hybridized carbons (Fsp3) is 0.444. The maximum absolute atomic E-state index is 16.8. The quantitative estimate of drug-likeness (QED) is 0.260. The van der Waals surface area contributed by atoms with E-state index < -0.39 is 34.7 Å². The molecule has 9 nitrogen and oxygen atoms in total. The van der Waals surface area contributed by atoms with Crippen LogP contribution < -0.4 is 15.4 Å². The summed E-state index contributed by atoms with van der Waals surface area (Å²) in [5, 5.41) is 1.85. The van der Waals surface area contributed by atoms with Crippen LogP contribution in [-0.4, -0.2) is 65.3 Å². The first kappa shape index (κ1) is 31.1. The molecule has 4 aromatic rings. The van der Waals surface area contributed by atoms with Crippen molar-refractivity contribution in [2.75, 3.05) is 37.7 Å². The van der Waals surface area contributed by atoms with Crippen LogP contribution in [0, 0.1) is 35.8 Å². The molecule has 11 heteroatoms. The zero-order chi connectivity index (χ0) is 33.2. The molecule has 47 heavy (non-hydrogen) atoms. The maximum atomic E-state index is 16.8. The van der Waals surface area contributed by atoms with Crippen LogP contribution in [0.15, 0.2) is 42.5 Å². The number of aromatic nitrogens is 2. The number of nitrogens with two attached hydrogens (primary N) is 1. The van der Waals surface area contributed by atoms with Gasteiger partial charge in [-0.1, -0.05) is 36.4 Å². The predicted octanol–water partition coefficient (Wildman–Crippen LogP) is 6.37. The van der Waals surface area contributed by atoms with Gasteiger partial charge in [0, 0.05) is 31.6 Å². The van der Waals surface area contributed by atoms with E-state index in [1.807, 2.05) is 37.3 Å². The van der Waals surface area contributed by atoms with E-state index in [0.717, 1.165) is 35.6 Å². The van der Waals surface area contributed by atoms with Crippen molar-refractivity contribution in [3.05, 3.63) is 59.7 Å². The molecule has 0 radical (unpaired) electrons. The van der Waals surface area contributed by atoms with E-state index in [9.17, 15) is 9.59 Å². The number of likely N-dealkylation sites (tertiary alicyclic amines) is 1. The Morgan fingerprint density at radius 1 is 1.02 bits per heavy atom. The fourth-order valence-corrected chi connectivity index (χ4v) is 7.42. The van der Waals surface area contributed by atoms with Crippen LogP contribution in [0.1, 0.15) is 45.6 Å². The van der Waals surface area contributed by atoms with Gasteiger partial charge in [-0.3, -0.25) is 4.79 Å². The Morgan fingerprint density at radius 3 is 2.40 bits per heavy atom. The van der Waals surface area contributed by atoms with Crippen LogP contribution in [0.3, 0.4) is 0 Å². The molecule has 1 aromatic heterocycles. The lowest BCUT2D eigenvalue weighted by atomic mass is 9.80. The minimum atomic E-state index is -1.20. The Morgan fingerprint density at radius 2 is 1.72 bits per heavy atom. The number of halogens is 2. The summed E-state index contributed by atoms with van der Waals surface area (Å²) in [5.41, 5.74) is 4.95. The standard InChI is InChI=1S/C36H39F2N5O4/c1-20-11-23-7-5-6-8-24(23)25(12-20)28-27(37)14-26-30(29(28)38)40-33(41-31(26)42-15-21-9-10-22(13-21)16-42)46-19-36(32(39)44)17-43(18-36)34(45)47-35(2,3)4/h5-8,11-12,14,21-22H,9-10,13,15-19H2,1-4H3,(H2,39,44). The van der Waals surface area contributed by atoms with Crippen LogP contribution >= 0.6 is 0 Å². The van der Waals surface area contributed by atoms with Crippen LogP contribution in [0.2, 0.25) is 0 Å². The zero-order valence-electron chi connectivity index (χ0n) is 27.1. The lowest BCUT2D eigenvalue weighted by Gasteiger charge is -2.47. The first-order valence-corrected chi connectivity index (χ1v) is 16.2. The number of fused-ring (bicyclic) bond motifs is 4. The van der Waals surface area contributed by atoms with E-state index in [2.05, 4.69) is 9.88 Å². The number of anilines is 1. The highest BCUT2D eigenvalue weighted by Gasteiger charge is 2.52. The molecule has 7 rings (SSSR count). The van der Waals surface area contributed by atoms with E-state index in [-0.39, 0.29) is 42.2 Å². The average Bonchev–Trinajstić information content (AvgIpc) is 3.32. The molecule has 2 bridgehead atoms. The van der Waals surface area contributed by atoms with Crippen molar-refractivity contribution in [3.63, 3.8) is 0 Å². The number of nitrogens with zero attached hydrogens (tertiary/aromatic N) is 4. The summed E-state index contributed by atoms with van der Waals surface area (Å²) in [4.78, 5) is 37.8. The second kappa shape index (κ2) is 11.3. The molecule has 3 aliphatic rings. The van der Waals surface area contributed by atoms with Gasteiger partial charge in [-0.05, 0) is 86.8 Å². The summed E-state index contributed by atoms with van der Waals surface area (Å²) in [5.74, 6) is -0.808. The van der Waals surface area contributed by atoms with Crippen molar-refractivity contribution in [2.24, 2.45) is 23.0 Å². The summed E-state index contributed by atoms with van der Waals surface area (Å²) in [6.07, 6.45) is 2.79. The monoisotopic (exact) mass is 643 g/mol. The van der Waals surface area contributed by atoms with Gasteiger partial charge in [-0.25, -0.2) is 13.6 Å². The number of primary amides is 1. The van der Waals surface area contributed by atoms with Crippen molar-refractivity contribution < 1.29 is 27.8 Å². The highest BCUT2D eigenvalue weighted by molar-refractivity contribution is 6.01. The van der Waals surface area contributed by atoms with E-state index in [4.69, 9.17) is 20.2 Å². The summed E-state index contributed by atoms with van der Waals surface area (Å²) in [6.45, 7) is 8.37. The summed E-state index contributed by atoms with van der Waals surface area (Å²) in [7, 11) is 0. The Bertz CT molecular complexity index is 1910. The molecular formula is C36H39F2N5O4. The molecule has 2 saturated heterocycles. The number of amides is 2. The van der Waals surface area contributed by atoms with Crippen molar-refractivity contribution >= 4 is 39.5 Å². The van der Waals surface area contributed by atoms with E-state index in [0.29, 0.717) is 36.3 Å².